The maximum atomic E-state index is 5.42. The van der Waals surface area contributed by atoms with E-state index in [0.29, 0.717) is 6.10 Å². The van der Waals surface area contributed by atoms with E-state index in [1.165, 1.54) is 5.56 Å². The van der Waals surface area contributed by atoms with E-state index in [1.54, 1.807) is 0 Å². The first kappa shape index (κ1) is 16.4. The fourth-order valence-corrected chi connectivity index (χ4v) is 2.79. The van der Waals surface area contributed by atoms with Crippen LogP contribution < -0.4 is 10.7 Å². The van der Waals surface area contributed by atoms with Crippen LogP contribution in [0.25, 0.3) is 0 Å². The molecule has 3 aromatic carbocycles. The zero-order valence-electron chi connectivity index (χ0n) is 14.4. The van der Waals surface area contributed by atoms with Crippen LogP contribution in [0.3, 0.4) is 0 Å². The molecule has 3 aromatic rings. The smallest absolute Gasteiger partial charge is 0.0850 e. The summed E-state index contributed by atoms with van der Waals surface area (Å²) in [7, 11) is 0. The van der Waals surface area contributed by atoms with Crippen molar-refractivity contribution in [2.75, 3.05) is 17.3 Å². The lowest BCUT2D eigenvalue weighted by Gasteiger charge is -2.12. The Morgan fingerprint density at radius 3 is 2.31 bits per heavy atom. The number of ether oxygens (including phenoxy) is 1. The second kappa shape index (κ2) is 7.85. The van der Waals surface area contributed by atoms with Gasteiger partial charge in [-0.2, -0.15) is 5.10 Å². The van der Waals surface area contributed by atoms with E-state index in [9.17, 15) is 0 Å². The van der Waals surface area contributed by atoms with Crippen LogP contribution in [-0.2, 0) is 11.2 Å². The minimum Gasteiger partial charge on any atom is -0.373 e. The first-order valence-corrected chi connectivity index (χ1v) is 8.77. The van der Waals surface area contributed by atoms with E-state index in [1.807, 2.05) is 54.7 Å². The van der Waals surface area contributed by atoms with E-state index in [-0.39, 0.29) is 0 Å². The molecule has 0 saturated carbocycles. The van der Waals surface area contributed by atoms with Gasteiger partial charge in [0, 0.05) is 17.8 Å². The van der Waals surface area contributed by atoms with Crippen molar-refractivity contribution in [3.8, 4) is 0 Å². The molecule has 1 saturated heterocycles. The summed E-state index contributed by atoms with van der Waals surface area (Å²) in [6, 6.07) is 26.5. The summed E-state index contributed by atoms with van der Waals surface area (Å²) in [6.45, 7) is 0.846. The summed E-state index contributed by atoms with van der Waals surface area (Å²) in [4.78, 5) is 0. The topological polar surface area (TPSA) is 49.0 Å². The third kappa shape index (κ3) is 4.49. The van der Waals surface area contributed by atoms with Crippen LogP contribution in [0.15, 0.2) is 84.0 Å². The van der Waals surface area contributed by atoms with Gasteiger partial charge in [-0.1, -0.05) is 42.5 Å². The van der Waals surface area contributed by atoms with Crippen LogP contribution in [0.2, 0.25) is 0 Å². The van der Waals surface area contributed by atoms with Crippen LogP contribution in [0.5, 0.6) is 0 Å². The van der Waals surface area contributed by atoms with Gasteiger partial charge < -0.3 is 10.1 Å². The predicted molar refractivity (Wildman–Crippen MR) is 107 cm³/mol. The van der Waals surface area contributed by atoms with Crippen molar-refractivity contribution in [3.63, 3.8) is 0 Å². The Balaban J connectivity index is 1.51. The third-order valence-corrected chi connectivity index (χ3v) is 4.21. The van der Waals surface area contributed by atoms with Crippen molar-refractivity contribution in [2.24, 2.45) is 5.10 Å². The molecule has 1 atom stereocenters. The number of hydrazone groups is 1. The summed E-state index contributed by atoms with van der Waals surface area (Å²) < 4.78 is 5.42. The highest BCUT2D eigenvalue weighted by molar-refractivity contribution is 5.82. The first-order valence-electron chi connectivity index (χ1n) is 8.77. The molecule has 1 aliphatic rings. The number of nitrogens with zero attached hydrogens (tertiary/aromatic N) is 1. The molecular weight excluding hydrogens is 322 g/mol. The third-order valence-electron chi connectivity index (χ3n) is 4.21. The van der Waals surface area contributed by atoms with Gasteiger partial charge in [0.05, 0.1) is 24.6 Å². The monoisotopic (exact) mass is 343 g/mol. The fourth-order valence-electron chi connectivity index (χ4n) is 2.79. The van der Waals surface area contributed by atoms with Crippen molar-refractivity contribution in [1.82, 2.24) is 0 Å². The molecule has 0 radical (unpaired) electrons. The number of nitrogens with one attached hydrogen (secondary N) is 2. The summed E-state index contributed by atoms with van der Waals surface area (Å²) in [5.41, 5.74) is 8.51. The Bertz CT molecular complexity index is 874. The number of rotatable bonds is 7. The molecule has 4 nitrogen and oxygen atoms in total. The molecule has 0 spiro atoms. The molecule has 2 N–H and O–H groups in total. The Hall–Kier alpha value is -3.11. The highest BCUT2D eigenvalue weighted by Crippen LogP contribution is 2.26. The molecule has 1 fully saturated rings. The molecule has 0 amide bonds. The van der Waals surface area contributed by atoms with Gasteiger partial charge in [0.1, 0.15) is 0 Å². The van der Waals surface area contributed by atoms with E-state index in [4.69, 9.17) is 4.74 Å². The lowest BCUT2D eigenvalue weighted by atomic mass is 10.0. The molecule has 0 bridgehead atoms. The number of para-hydroxylation sites is 2. The van der Waals surface area contributed by atoms with Gasteiger partial charge in [-0.05, 0) is 47.5 Å². The molecule has 1 aliphatic heterocycles. The van der Waals surface area contributed by atoms with Gasteiger partial charge in [-0.15, -0.1) is 0 Å². The van der Waals surface area contributed by atoms with E-state index >= 15 is 0 Å². The number of epoxide rings is 1. The Kier molecular flexibility index (Phi) is 4.94. The van der Waals surface area contributed by atoms with Gasteiger partial charge in [-0.3, -0.25) is 5.43 Å². The molecule has 0 aromatic heterocycles. The highest BCUT2D eigenvalue weighted by Gasteiger charge is 2.24. The first-order chi connectivity index (χ1) is 12.9. The zero-order valence-corrected chi connectivity index (χ0v) is 14.4. The normalized spacial score (nSPS) is 15.8. The minimum atomic E-state index is 0.334. The second-order valence-corrected chi connectivity index (χ2v) is 6.30. The van der Waals surface area contributed by atoms with Gasteiger partial charge in [0.25, 0.3) is 0 Å². The maximum Gasteiger partial charge on any atom is 0.0850 e. The van der Waals surface area contributed by atoms with Crippen molar-refractivity contribution < 1.29 is 4.74 Å². The SMILES string of the molecule is C(=NNc1ccccc1)c1ccc(Nc2ccccc2)c(CC2CO2)c1. The van der Waals surface area contributed by atoms with Gasteiger partial charge in [-0.25, -0.2) is 0 Å². The van der Waals surface area contributed by atoms with Crippen LogP contribution >= 0.6 is 0 Å². The van der Waals surface area contributed by atoms with Crippen LogP contribution in [0.4, 0.5) is 17.1 Å². The van der Waals surface area contributed by atoms with Crippen LogP contribution in [0, 0.1) is 0 Å². The average Bonchev–Trinajstić information content (AvgIpc) is 3.50. The highest BCUT2D eigenvalue weighted by atomic mass is 16.6. The Labute approximate surface area is 153 Å². The van der Waals surface area contributed by atoms with E-state index in [2.05, 4.69) is 46.2 Å². The molecule has 1 heterocycles. The summed E-state index contributed by atoms with van der Waals surface area (Å²) in [5.74, 6) is 0. The Morgan fingerprint density at radius 1 is 0.923 bits per heavy atom. The quantitative estimate of drug-likeness (QED) is 0.367. The number of hydrogen-bond acceptors (Lipinski definition) is 4. The average molecular weight is 343 g/mol. The predicted octanol–water partition coefficient (Wildman–Crippen LogP) is 4.82. The van der Waals surface area contributed by atoms with Gasteiger partial charge in [0.15, 0.2) is 0 Å². The van der Waals surface area contributed by atoms with E-state index < -0.39 is 0 Å². The number of hydrogen-bond donors (Lipinski definition) is 2. The standard InChI is InChI=1S/C22H21N3O/c1-3-7-19(8-4-1)24-22-12-11-17(13-18(22)14-21-16-26-21)15-23-25-20-9-5-2-6-10-20/h1-13,15,21,24-25H,14,16H2. The lowest BCUT2D eigenvalue weighted by Crippen LogP contribution is -2.01. The second-order valence-electron chi connectivity index (χ2n) is 6.30. The molecule has 4 rings (SSSR count). The number of anilines is 3. The molecule has 130 valence electrons. The molecule has 0 aliphatic carbocycles. The van der Waals surface area contributed by atoms with Crippen molar-refractivity contribution in [2.45, 2.75) is 12.5 Å². The van der Waals surface area contributed by atoms with Crippen LogP contribution in [-0.4, -0.2) is 18.9 Å². The zero-order chi connectivity index (χ0) is 17.6. The summed E-state index contributed by atoms with van der Waals surface area (Å²) in [5, 5.41) is 7.83. The Morgan fingerprint density at radius 2 is 1.62 bits per heavy atom. The fraction of sp³-hybridized carbons (Fsp3) is 0.136. The summed E-state index contributed by atoms with van der Waals surface area (Å²) >= 11 is 0. The van der Waals surface area contributed by atoms with Crippen molar-refractivity contribution in [1.29, 1.82) is 0 Å². The molecule has 26 heavy (non-hydrogen) atoms. The number of benzene rings is 3. The maximum absolute atomic E-state index is 5.42. The summed E-state index contributed by atoms with van der Waals surface area (Å²) in [6.07, 6.45) is 3.08. The molecule has 4 heteroatoms. The van der Waals surface area contributed by atoms with Crippen LogP contribution in [0.1, 0.15) is 11.1 Å². The van der Waals surface area contributed by atoms with Gasteiger partial charge in [0.2, 0.25) is 0 Å². The minimum absolute atomic E-state index is 0.334. The molecular formula is C22H21N3O. The van der Waals surface area contributed by atoms with Crippen molar-refractivity contribution >= 4 is 23.3 Å². The van der Waals surface area contributed by atoms with Crippen molar-refractivity contribution in [3.05, 3.63) is 90.0 Å². The largest absolute Gasteiger partial charge is 0.373 e. The van der Waals surface area contributed by atoms with E-state index in [0.717, 1.165) is 35.7 Å². The molecule has 1 unspecified atom stereocenters. The lowest BCUT2D eigenvalue weighted by molar-refractivity contribution is 0.408. The van der Waals surface area contributed by atoms with Gasteiger partial charge >= 0.3 is 0 Å².